The van der Waals surface area contributed by atoms with Crippen molar-refractivity contribution < 1.29 is 14.3 Å². The van der Waals surface area contributed by atoms with E-state index < -0.39 is 0 Å². The molecule has 1 saturated carbocycles. The maximum atomic E-state index is 11.8. The maximum absolute atomic E-state index is 11.8. The van der Waals surface area contributed by atoms with E-state index in [4.69, 9.17) is 4.74 Å². The zero-order valence-electron chi connectivity index (χ0n) is 14.2. The maximum Gasteiger partial charge on any atom is 0.276 e. The van der Waals surface area contributed by atoms with Gasteiger partial charge in [0.2, 0.25) is 5.91 Å². The van der Waals surface area contributed by atoms with Crippen LogP contribution in [0.15, 0.2) is 22.7 Å². The standard InChI is InChI=1S/C18H25BrN2O3/c1-12(2)14-7-8-16(15(19)10-14)24-11-18(23)21-20-17(22)9-13-5-3-4-6-13/h7-8,10,12-13H,3-6,9,11H2,1-2H3,(H,20,22)(H,21,23). The molecule has 1 aromatic carbocycles. The van der Waals surface area contributed by atoms with Gasteiger partial charge in [0.25, 0.3) is 5.91 Å². The van der Waals surface area contributed by atoms with E-state index in [9.17, 15) is 9.59 Å². The van der Waals surface area contributed by atoms with Crippen molar-refractivity contribution in [2.24, 2.45) is 5.92 Å². The fourth-order valence-corrected chi connectivity index (χ4v) is 3.35. The summed E-state index contributed by atoms with van der Waals surface area (Å²) in [5.74, 6) is 0.960. The number of nitrogens with one attached hydrogen (secondary N) is 2. The third kappa shape index (κ3) is 5.82. The SMILES string of the molecule is CC(C)c1ccc(OCC(=O)NNC(=O)CC2CCCC2)c(Br)c1. The van der Waals surface area contributed by atoms with Crippen LogP contribution in [-0.2, 0) is 9.59 Å². The van der Waals surface area contributed by atoms with Crippen LogP contribution in [0.4, 0.5) is 0 Å². The number of rotatable bonds is 6. The van der Waals surface area contributed by atoms with Gasteiger partial charge in [0.1, 0.15) is 5.75 Å². The van der Waals surface area contributed by atoms with Crippen molar-refractivity contribution in [3.8, 4) is 5.75 Å². The van der Waals surface area contributed by atoms with Gasteiger partial charge in [0.05, 0.1) is 4.47 Å². The van der Waals surface area contributed by atoms with Crippen molar-refractivity contribution >= 4 is 27.7 Å². The number of ether oxygens (including phenoxy) is 1. The van der Waals surface area contributed by atoms with Gasteiger partial charge in [-0.2, -0.15) is 0 Å². The van der Waals surface area contributed by atoms with E-state index in [0.717, 1.165) is 17.3 Å². The summed E-state index contributed by atoms with van der Waals surface area (Å²) in [6, 6.07) is 5.80. The Morgan fingerprint density at radius 3 is 2.50 bits per heavy atom. The van der Waals surface area contributed by atoms with Gasteiger partial charge in [-0.1, -0.05) is 32.8 Å². The molecule has 24 heavy (non-hydrogen) atoms. The molecule has 0 spiro atoms. The highest BCUT2D eigenvalue weighted by Crippen LogP contribution is 2.29. The van der Waals surface area contributed by atoms with Crippen LogP contribution >= 0.6 is 15.9 Å². The van der Waals surface area contributed by atoms with Gasteiger partial charge in [0.15, 0.2) is 6.61 Å². The molecular formula is C18H25BrN2O3. The molecule has 1 fully saturated rings. The lowest BCUT2D eigenvalue weighted by Crippen LogP contribution is -2.44. The van der Waals surface area contributed by atoms with E-state index >= 15 is 0 Å². The smallest absolute Gasteiger partial charge is 0.276 e. The normalized spacial score (nSPS) is 14.7. The molecule has 2 amide bonds. The van der Waals surface area contributed by atoms with E-state index in [1.54, 1.807) is 0 Å². The van der Waals surface area contributed by atoms with Crippen molar-refractivity contribution in [3.63, 3.8) is 0 Å². The lowest BCUT2D eigenvalue weighted by atomic mass is 10.0. The van der Waals surface area contributed by atoms with E-state index in [-0.39, 0.29) is 18.4 Å². The molecule has 0 aliphatic heterocycles. The molecule has 1 aliphatic carbocycles. The van der Waals surface area contributed by atoms with E-state index in [0.29, 0.717) is 24.0 Å². The highest BCUT2D eigenvalue weighted by Gasteiger charge is 2.18. The highest BCUT2D eigenvalue weighted by molar-refractivity contribution is 9.10. The van der Waals surface area contributed by atoms with Crippen LogP contribution in [0.1, 0.15) is 57.4 Å². The number of amides is 2. The van der Waals surface area contributed by atoms with Gasteiger partial charge in [-0.3, -0.25) is 20.4 Å². The molecule has 1 aromatic rings. The van der Waals surface area contributed by atoms with Gasteiger partial charge < -0.3 is 4.74 Å². The van der Waals surface area contributed by atoms with Crippen LogP contribution < -0.4 is 15.6 Å². The van der Waals surface area contributed by atoms with Crippen LogP contribution in [-0.4, -0.2) is 18.4 Å². The summed E-state index contributed by atoms with van der Waals surface area (Å²) in [6.07, 6.45) is 5.07. The molecule has 0 bridgehead atoms. The quantitative estimate of drug-likeness (QED) is 0.720. The minimum atomic E-state index is -0.380. The average molecular weight is 397 g/mol. The van der Waals surface area contributed by atoms with Crippen molar-refractivity contribution in [3.05, 3.63) is 28.2 Å². The third-order valence-corrected chi connectivity index (χ3v) is 4.89. The number of carbonyl (C=O) groups excluding carboxylic acids is 2. The minimum Gasteiger partial charge on any atom is -0.483 e. The van der Waals surface area contributed by atoms with Crippen LogP contribution in [0.2, 0.25) is 0 Å². The van der Waals surface area contributed by atoms with Gasteiger partial charge in [0, 0.05) is 6.42 Å². The van der Waals surface area contributed by atoms with Crippen molar-refractivity contribution in [2.45, 2.75) is 51.9 Å². The first kappa shape index (κ1) is 18.8. The molecule has 0 radical (unpaired) electrons. The molecule has 6 heteroatoms. The second kappa shape index (κ2) is 9.06. The Hall–Kier alpha value is -1.56. The van der Waals surface area contributed by atoms with Crippen LogP contribution in [0.25, 0.3) is 0 Å². The predicted octanol–water partition coefficient (Wildman–Crippen LogP) is 3.68. The Labute approximate surface area is 151 Å². The second-order valence-electron chi connectivity index (χ2n) is 6.58. The first-order valence-corrected chi connectivity index (χ1v) is 9.25. The van der Waals surface area contributed by atoms with Gasteiger partial charge in [-0.25, -0.2) is 0 Å². The van der Waals surface area contributed by atoms with Gasteiger partial charge >= 0.3 is 0 Å². The van der Waals surface area contributed by atoms with E-state index in [1.165, 1.54) is 18.4 Å². The Morgan fingerprint density at radius 1 is 1.21 bits per heavy atom. The molecule has 2 N–H and O–H groups in total. The Balaban J connectivity index is 1.71. The number of carbonyl (C=O) groups is 2. The predicted molar refractivity (Wildman–Crippen MR) is 96.6 cm³/mol. The number of benzene rings is 1. The Morgan fingerprint density at radius 2 is 1.88 bits per heavy atom. The topological polar surface area (TPSA) is 67.4 Å². The second-order valence-corrected chi connectivity index (χ2v) is 7.44. The monoisotopic (exact) mass is 396 g/mol. The summed E-state index contributed by atoms with van der Waals surface area (Å²) in [5, 5.41) is 0. The van der Waals surface area contributed by atoms with Gasteiger partial charge in [-0.15, -0.1) is 0 Å². The summed E-state index contributed by atoms with van der Waals surface area (Å²) in [6.45, 7) is 4.08. The zero-order chi connectivity index (χ0) is 17.5. The van der Waals surface area contributed by atoms with Crippen LogP contribution in [0.3, 0.4) is 0 Å². The molecule has 0 heterocycles. The highest BCUT2D eigenvalue weighted by atomic mass is 79.9. The summed E-state index contributed by atoms with van der Waals surface area (Å²) >= 11 is 3.45. The summed E-state index contributed by atoms with van der Waals surface area (Å²) in [4.78, 5) is 23.5. The van der Waals surface area contributed by atoms with Crippen molar-refractivity contribution in [1.82, 2.24) is 10.9 Å². The molecule has 5 nitrogen and oxygen atoms in total. The summed E-state index contributed by atoms with van der Waals surface area (Å²) < 4.78 is 6.30. The van der Waals surface area contributed by atoms with Crippen molar-refractivity contribution in [2.75, 3.05) is 6.61 Å². The van der Waals surface area contributed by atoms with Gasteiger partial charge in [-0.05, 0) is 58.3 Å². The number of hydrogen-bond acceptors (Lipinski definition) is 3. The molecule has 1 aliphatic rings. The largest absolute Gasteiger partial charge is 0.483 e. The first-order chi connectivity index (χ1) is 11.5. The molecule has 2 rings (SSSR count). The molecular weight excluding hydrogens is 372 g/mol. The molecule has 132 valence electrons. The average Bonchev–Trinajstić information content (AvgIpc) is 3.04. The first-order valence-electron chi connectivity index (χ1n) is 8.45. The molecule has 0 aromatic heterocycles. The molecule has 0 atom stereocenters. The Bertz CT molecular complexity index is 584. The molecule has 0 saturated heterocycles. The summed E-state index contributed by atoms with van der Waals surface area (Å²) in [5.41, 5.74) is 6.04. The van der Waals surface area contributed by atoms with E-state index in [1.807, 2.05) is 18.2 Å². The third-order valence-electron chi connectivity index (χ3n) is 4.27. The fourth-order valence-electron chi connectivity index (χ4n) is 2.84. The van der Waals surface area contributed by atoms with Crippen LogP contribution in [0, 0.1) is 5.92 Å². The lowest BCUT2D eigenvalue weighted by Gasteiger charge is -2.13. The zero-order valence-corrected chi connectivity index (χ0v) is 15.8. The minimum absolute atomic E-state index is 0.141. The lowest BCUT2D eigenvalue weighted by molar-refractivity contribution is -0.130. The molecule has 0 unspecified atom stereocenters. The summed E-state index contributed by atoms with van der Waals surface area (Å²) in [7, 11) is 0. The van der Waals surface area contributed by atoms with Crippen molar-refractivity contribution in [1.29, 1.82) is 0 Å². The fraction of sp³-hybridized carbons (Fsp3) is 0.556. The van der Waals surface area contributed by atoms with E-state index in [2.05, 4.69) is 40.6 Å². The number of hydrazine groups is 1. The Kier molecular flexibility index (Phi) is 7.09. The van der Waals surface area contributed by atoms with Crippen LogP contribution in [0.5, 0.6) is 5.75 Å². The number of halogens is 1. The number of hydrogen-bond donors (Lipinski definition) is 2.